The van der Waals surface area contributed by atoms with Crippen molar-refractivity contribution in [1.29, 1.82) is 0 Å². The third kappa shape index (κ3) is 2.91. The molecule has 1 heterocycles. The molecule has 7 heteroatoms. The first kappa shape index (κ1) is 13.5. The maximum Gasteiger partial charge on any atom is 0.348 e. The van der Waals surface area contributed by atoms with Crippen LogP contribution < -0.4 is 5.32 Å². The van der Waals surface area contributed by atoms with Gasteiger partial charge in [0.05, 0.1) is 11.3 Å². The number of aromatic carboxylic acids is 1. The van der Waals surface area contributed by atoms with Gasteiger partial charge in [-0.05, 0) is 29.6 Å². The van der Waals surface area contributed by atoms with Crippen LogP contribution in [0, 0.1) is 5.82 Å². The minimum atomic E-state index is -1.15. The molecule has 4 nitrogen and oxygen atoms in total. The molecule has 0 radical (unpaired) electrons. The maximum atomic E-state index is 13.5. The van der Waals surface area contributed by atoms with Crippen LogP contribution in [-0.2, 0) is 0 Å². The number of carbonyl (C=O) groups excluding carboxylic acids is 1. The first-order valence-corrected chi connectivity index (χ1v) is 6.32. The van der Waals surface area contributed by atoms with Gasteiger partial charge >= 0.3 is 5.97 Å². The molecule has 98 valence electrons. The van der Waals surface area contributed by atoms with Crippen molar-refractivity contribution in [1.82, 2.24) is 0 Å². The van der Waals surface area contributed by atoms with E-state index in [9.17, 15) is 14.0 Å². The van der Waals surface area contributed by atoms with Crippen molar-refractivity contribution in [2.45, 2.75) is 0 Å². The Morgan fingerprint density at radius 2 is 2.05 bits per heavy atom. The van der Waals surface area contributed by atoms with Crippen molar-refractivity contribution in [3.63, 3.8) is 0 Å². The fourth-order valence-electron chi connectivity index (χ4n) is 1.44. The minimum absolute atomic E-state index is 0.0114. The molecular formula is C12H7ClFNO3S. The smallest absolute Gasteiger partial charge is 0.348 e. The van der Waals surface area contributed by atoms with Crippen molar-refractivity contribution in [2.24, 2.45) is 0 Å². The Kier molecular flexibility index (Phi) is 3.82. The van der Waals surface area contributed by atoms with Gasteiger partial charge in [-0.25, -0.2) is 9.18 Å². The van der Waals surface area contributed by atoms with E-state index in [0.717, 1.165) is 17.4 Å². The summed E-state index contributed by atoms with van der Waals surface area (Å²) in [4.78, 5) is 22.7. The van der Waals surface area contributed by atoms with Crippen LogP contribution in [0.1, 0.15) is 20.0 Å². The van der Waals surface area contributed by atoms with Crippen molar-refractivity contribution in [3.8, 4) is 0 Å². The number of hydrogen-bond donors (Lipinski definition) is 2. The molecule has 0 fully saturated rings. The molecule has 0 saturated heterocycles. The van der Waals surface area contributed by atoms with E-state index < -0.39 is 17.7 Å². The van der Waals surface area contributed by atoms with Gasteiger partial charge in [0, 0.05) is 5.02 Å². The summed E-state index contributed by atoms with van der Waals surface area (Å²) in [7, 11) is 0. The lowest BCUT2D eigenvalue weighted by Gasteiger charge is -2.05. The summed E-state index contributed by atoms with van der Waals surface area (Å²) in [6.45, 7) is 0. The van der Waals surface area contributed by atoms with Gasteiger partial charge in [-0.2, -0.15) is 0 Å². The molecule has 1 aromatic heterocycles. The first-order valence-electron chi connectivity index (χ1n) is 5.06. The number of anilines is 1. The predicted molar refractivity (Wildman–Crippen MR) is 70.6 cm³/mol. The number of carboxylic acids is 1. The monoisotopic (exact) mass is 299 g/mol. The van der Waals surface area contributed by atoms with Gasteiger partial charge in [-0.3, -0.25) is 4.79 Å². The number of benzene rings is 1. The highest BCUT2D eigenvalue weighted by atomic mass is 35.5. The van der Waals surface area contributed by atoms with Crippen LogP contribution in [0.3, 0.4) is 0 Å². The zero-order valence-electron chi connectivity index (χ0n) is 9.31. The van der Waals surface area contributed by atoms with E-state index in [4.69, 9.17) is 16.7 Å². The first-order chi connectivity index (χ1) is 8.99. The van der Waals surface area contributed by atoms with Crippen molar-refractivity contribution < 1.29 is 19.1 Å². The fourth-order valence-corrected chi connectivity index (χ4v) is 2.28. The Morgan fingerprint density at radius 1 is 1.32 bits per heavy atom. The molecular weight excluding hydrogens is 293 g/mol. The molecule has 19 heavy (non-hydrogen) atoms. The topological polar surface area (TPSA) is 66.4 Å². The van der Waals surface area contributed by atoms with Crippen LogP contribution in [-0.4, -0.2) is 17.0 Å². The molecule has 2 N–H and O–H groups in total. The van der Waals surface area contributed by atoms with Crippen LogP contribution >= 0.6 is 22.9 Å². The summed E-state index contributed by atoms with van der Waals surface area (Å²) in [5, 5.41) is 13.0. The zero-order chi connectivity index (χ0) is 14.0. The van der Waals surface area contributed by atoms with Crippen molar-refractivity contribution >= 4 is 40.5 Å². The molecule has 0 spiro atoms. The zero-order valence-corrected chi connectivity index (χ0v) is 10.9. The summed E-state index contributed by atoms with van der Waals surface area (Å²) >= 11 is 6.56. The molecule has 1 aromatic carbocycles. The molecule has 0 atom stereocenters. The van der Waals surface area contributed by atoms with Crippen molar-refractivity contribution in [3.05, 3.63) is 50.9 Å². The van der Waals surface area contributed by atoms with Gasteiger partial charge in [-0.1, -0.05) is 11.6 Å². The second-order valence-corrected chi connectivity index (χ2v) is 4.90. The standard InChI is InChI=1S/C12H7ClFNO3S/c13-6-1-2-7(8(14)5-6)11(16)15-9-3-4-19-10(9)12(17)18/h1-5H,(H,15,16)(H,17,18). The van der Waals surface area contributed by atoms with Gasteiger partial charge in [0.2, 0.25) is 0 Å². The van der Waals surface area contributed by atoms with Crippen LogP contribution in [0.15, 0.2) is 29.6 Å². The lowest BCUT2D eigenvalue weighted by Crippen LogP contribution is -2.15. The van der Waals surface area contributed by atoms with Crippen molar-refractivity contribution in [2.75, 3.05) is 5.32 Å². The summed E-state index contributed by atoms with van der Waals surface area (Å²) in [6.07, 6.45) is 0. The number of carboxylic acid groups (broad SMARTS) is 1. The van der Waals surface area contributed by atoms with E-state index in [1.54, 1.807) is 0 Å². The van der Waals surface area contributed by atoms with Gasteiger partial charge in [0.1, 0.15) is 10.7 Å². The third-order valence-corrected chi connectivity index (χ3v) is 3.42. The molecule has 0 aliphatic heterocycles. The average molecular weight is 300 g/mol. The summed E-state index contributed by atoms with van der Waals surface area (Å²) in [5.41, 5.74) is -0.0659. The van der Waals surface area contributed by atoms with Gasteiger partial charge in [0.25, 0.3) is 5.91 Å². The van der Waals surface area contributed by atoms with Crippen LogP contribution in [0.25, 0.3) is 0 Å². The van der Waals surface area contributed by atoms with E-state index in [0.29, 0.717) is 0 Å². The molecule has 0 aliphatic carbocycles. The second-order valence-electron chi connectivity index (χ2n) is 3.55. The molecule has 2 rings (SSSR count). The lowest BCUT2D eigenvalue weighted by atomic mass is 10.2. The fraction of sp³-hybridized carbons (Fsp3) is 0. The number of amides is 1. The third-order valence-electron chi connectivity index (χ3n) is 2.28. The Hall–Kier alpha value is -1.92. The molecule has 0 unspecified atom stereocenters. The van der Waals surface area contributed by atoms with E-state index in [1.165, 1.54) is 23.6 Å². The molecule has 0 bridgehead atoms. The van der Waals surface area contributed by atoms with E-state index in [2.05, 4.69) is 5.32 Å². The number of hydrogen-bond acceptors (Lipinski definition) is 3. The van der Waals surface area contributed by atoms with Crippen LogP contribution in [0.5, 0.6) is 0 Å². The number of thiophene rings is 1. The average Bonchev–Trinajstić information content (AvgIpc) is 2.76. The quantitative estimate of drug-likeness (QED) is 0.911. The van der Waals surface area contributed by atoms with Gasteiger partial charge < -0.3 is 10.4 Å². The summed E-state index contributed by atoms with van der Waals surface area (Å²) in [6, 6.07) is 5.08. The van der Waals surface area contributed by atoms with Gasteiger partial charge in [0.15, 0.2) is 0 Å². The molecule has 0 saturated carbocycles. The second kappa shape index (κ2) is 5.38. The number of carbonyl (C=O) groups is 2. The van der Waals surface area contributed by atoms with E-state index >= 15 is 0 Å². The van der Waals surface area contributed by atoms with Crippen LogP contribution in [0.4, 0.5) is 10.1 Å². The summed E-state index contributed by atoms with van der Waals surface area (Å²) in [5.74, 6) is -2.64. The Morgan fingerprint density at radius 3 is 2.68 bits per heavy atom. The van der Waals surface area contributed by atoms with Gasteiger partial charge in [-0.15, -0.1) is 11.3 Å². The maximum absolute atomic E-state index is 13.5. The molecule has 1 amide bonds. The van der Waals surface area contributed by atoms with E-state index in [1.807, 2.05) is 0 Å². The highest BCUT2D eigenvalue weighted by molar-refractivity contribution is 7.12. The Labute approximate surface area is 116 Å². The lowest BCUT2D eigenvalue weighted by molar-refractivity contribution is 0.0703. The summed E-state index contributed by atoms with van der Waals surface area (Å²) < 4.78 is 13.5. The number of rotatable bonds is 3. The Bertz CT molecular complexity index is 656. The highest BCUT2D eigenvalue weighted by Crippen LogP contribution is 2.23. The van der Waals surface area contributed by atoms with Crippen LogP contribution in [0.2, 0.25) is 5.02 Å². The van der Waals surface area contributed by atoms with E-state index in [-0.39, 0.29) is 21.2 Å². The predicted octanol–water partition coefficient (Wildman–Crippen LogP) is 3.49. The number of nitrogens with one attached hydrogen (secondary N) is 1. The highest BCUT2D eigenvalue weighted by Gasteiger charge is 2.17. The normalized spacial score (nSPS) is 10.2. The largest absolute Gasteiger partial charge is 0.477 e. The number of halogens is 2. The molecule has 0 aliphatic rings. The Balaban J connectivity index is 2.26. The molecule has 2 aromatic rings. The minimum Gasteiger partial charge on any atom is -0.477 e. The SMILES string of the molecule is O=C(Nc1ccsc1C(=O)O)c1ccc(Cl)cc1F.